The van der Waals surface area contributed by atoms with E-state index in [9.17, 15) is 27.9 Å². The largest absolute Gasteiger partial charge is 0.481 e. The van der Waals surface area contributed by atoms with Crippen molar-refractivity contribution in [3.05, 3.63) is 59.1 Å². The molecule has 2 aliphatic heterocycles. The van der Waals surface area contributed by atoms with E-state index >= 15 is 0 Å². The average Bonchev–Trinajstić information content (AvgIpc) is 3.03. The molecule has 0 bridgehead atoms. The number of nitrogens with zero attached hydrogens (tertiary/aromatic N) is 1. The van der Waals surface area contributed by atoms with Crippen LogP contribution in [0.25, 0.3) is 0 Å². The standard InChI is InChI=1S/C21H24F3N3O4/c1-3-31-16-9-6-10-27-18(12(2)25-19(16)27)20(30)26-15(11-17(28)29)13-7-4-5-8-14(13)21(22,23)24/h4-8,10,15-16,19,25H,3,9,11H2,1-2H3,(H,26,30)(H,28,29)/t15-,16?,19?/m0/s1. The zero-order chi connectivity index (χ0) is 22.8. The highest BCUT2D eigenvalue weighted by Crippen LogP contribution is 2.36. The van der Waals surface area contributed by atoms with Gasteiger partial charge in [0.25, 0.3) is 5.91 Å². The smallest absolute Gasteiger partial charge is 0.416 e. The third-order valence-electron chi connectivity index (χ3n) is 5.19. The first-order valence-corrected chi connectivity index (χ1v) is 9.86. The van der Waals surface area contributed by atoms with Gasteiger partial charge in [-0.3, -0.25) is 9.59 Å². The van der Waals surface area contributed by atoms with E-state index in [1.54, 1.807) is 18.0 Å². The number of hydrogen-bond acceptors (Lipinski definition) is 5. The van der Waals surface area contributed by atoms with Crippen molar-refractivity contribution in [1.29, 1.82) is 0 Å². The Morgan fingerprint density at radius 3 is 2.71 bits per heavy atom. The number of halogens is 3. The van der Waals surface area contributed by atoms with Crippen molar-refractivity contribution in [1.82, 2.24) is 15.5 Å². The lowest BCUT2D eigenvalue weighted by atomic mass is 9.97. The molecule has 0 saturated carbocycles. The van der Waals surface area contributed by atoms with E-state index in [0.29, 0.717) is 18.7 Å². The number of benzene rings is 1. The fraction of sp³-hybridized carbons (Fsp3) is 0.429. The number of carboxylic acid groups (broad SMARTS) is 1. The van der Waals surface area contributed by atoms with Crippen molar-refractivity contribution in [2.75, 3.05) is 6.61 Å². The van der Waals surface area contributed by atoms with Crippen LogP contribution in [0.15, 0.2) is 47.9 Å². The van der Waals surface area contributed by atoms with Crippen LogP contribution in [0.5, 0.6) is 0 Å². The SMILES string of the molecule is CCOC1CC=CN2C(C(=O)N[C@@H](CC(=O)O)c3ccccc3C(F)(F)F)=C(C)NC12. The van der Waals surface area contributed by atoms with Crippen molar-refractivity contribution in [3.8, 4) is 0 Å². The number of carbonyl (C=O) groups excluding carboxylic acids is 1. The number of nitrogens with one attached hydrogen (secondary N) is 2. The van der Waals surface area contributed by atoms with Gasteiger partial charge >= 0.3 is 12.1 Å². The van der Waals surface area contributed by atoms with E-state index in [-0.39, 0.29) is 23.5 Å². The number of carboxylic acids is 1. The number of alkyl halides is 3. The molecule has 0 radical (unpaired) electrons. The normalized spacial score (nSPS) is 21.5. The van der Waals surface area contributed by atoms with Crippen molar-refractivity contribution in [2.45, 2.75) is 51.2 Å². The van der Waals surface area contributed by atoms with Crippen LogP contribution in [0.4, 0.5) is 13.2 Å². The minimum atomic E-state index is -4.69. The molecule has 3 rings (SSSR count). The molecule has 2 aliphatic rings. The van der Waals surface area contributed by atoms with Crippen LogP contribution in [-0.4, -0.2) is 40.8 Å². The highest BCUT2D eigenvalue weighted by atomic mass is 19.4. The molecule has 3 atom stereocenters. The topological polar surface area (TPSA) is 90.9 Å². The van der Waals surface area contributed by atoms with Gasteiger partial charge in [-0.25, -0.2) is 0 Å². The Kier molecular flexibility index (Phi) is 6.59. The quantitative estimate of drug-likeness (QED) is 0.605. The van der Waals surface area contributed by atoms with Gasteiger partial charge in [0.2, 0.25) is 0 Å². The van der Waals surface area contributed by atoms with E-state index in [1.807, 2.05) is 13.0 Å². The molecule has 2 unspecified atom stereocenters. The molecule has 1 aromatic rings. The van der Waals surface area contributed by atoms with Crippen molar-refractivity contribution < 1.29 is 32.6 Å². The van der Waals surface area contributed by atoms with Gasteiger partial charge in [0.1, 0.15) is 11.9 Å². The number of aliphatic carboxylic acids is 1. The lowest BCUT2D eigenvalue weighted by molar-refractivity contribution is -0.141. The first kappa shape index (κ1) is 22.7. The molecule has 2 heterocycles. The van der Waals surface area contributed by atoms with Crippen molar-refractivity contribution in [2.24, 2.45) is 0 Å². The monoisotopic (exact) mass is 439 g/mol. The zero-order valence-corrected chi connectivity index (χ0v) is 17.1. The molecule has 168 valence electrons. The van der Waals surface area contributed by atoms with Gasteiger partial charge in [-0.2, -0.15) is 13.2 Å². The second kappa shape index (κ2) is 9.01. The number of fused-ring (bicyclic) bond motifs is 1. The van der Waals surface area contributed by atoms with Crippen LogP contribution in [-0.2, 0) is 20.5 Å². The summed E-state index contributed by atoms with van der Waals surface area (Å²) in [6.45, 7) is 4.03. The fourth-order valence-electron chi connectivity index (χ4n) is 3.93. The lowest BCUT2D eigenvalue weighted by Gasteiger charge is -2.34. The molecule has 1 aromatic carbocycles. The van der Waals surface area contributed by atoms with Crippen LogP contribution < -0.4 is 10.6 Å². The molecule has 0 aromatic heterocycles. The molecule has 0 fully saturated rings. The molecule has 0 spiro atoms. The fourth-order valence-corrected chi connectivity index (χ4v) is 3.93. The van der Waals surface area contributed by atoms with Gasteiger partial charge in [0.15, 0.2) is 0 Å². The van der Waals surface area contributed by atoms with Gasteiger partial charge < -0.3 is 25.4 Å². The summed E-state index contributed by atoms with van der Waals surface area (Å²) in [5, 5.41) is 14.9. The summed E-state index contributed by atoms with van der Waals surface area (Å²) in [6.07, 6.45) is -1.72. The summed E-state index contributed by atoms with van der Waals surface area (Å²) >= 11 is 0. The molecule has 0 saturated heterocycles. The highest BCUT2D eigenvalue weighted by Gasteiger charge is 2.40. The Morgan fingerprint density at radius 2 is 2.06 bits per heavy atom. The number of amides is 1. The number of hydrogen-bond donors (Lipinski definition) is 3. The summed E-state index contributed by atoms with van der Waals surface area (Å²) in [5.74, 6) is -2.00. The first-order valence-electron chi connectivity index (χ1n) is 9.86. The molecular formula is C21H24F3N3O4. The summed E-state index contributed by atoms with van der Waals surface area (Å²) in [5.41, 5.74) is -0.542. The van der Waals surface area contributed by atoms with E-state index in [2.05, 4.69) is 10.6 Å². The van der Waals surface area contributed by atoms with Crippen LogP contribution >= 0.6 is 0 Å². The van der Waals surface area contributed by atoms with Crippen molar-refractivity contribution >= 4 is 11.9 Å². The highest BCUT2D eigenvalue weighted by molar-refractivity contribution is 5.95. The number of rotatable bonds is 7. The van der Waals surface area contributed by atoms with Crippen LogP contribution in [0.3, 0.4) is 0 Å². The maximum atomic E-state index is 13.5. The Bertz CT molecular complexity index is 913. The summed E-state index contributed by atoms with van der Waals surface area (Å²) < 4.78 is 46.1. The summed E-state index contributed by atoms with van der Waals surface area (Å²) in [4.78, 5) is 26.1. The molecule has 7 nitrogen and oxygen atoms in total. The third-order valence-corrected chi connectivity index (χ3v) is 5.19. The van der Waals surface area contributed by atoms with E-state index in [1.165, 1.54) is 18.2 Å². The van der Waals surface area contributed by atoms with Crippen LogP contribution in [0.2, 0.25) is 0 Å². The van der Waals surface area contributed by atoms with Crippen LogP contribution in [0, 0.1) is 0 Å². The Morgan fingerprint density at radius 1 is 1.35 bits per heavy atom. The predicted molar refractivity (Wildman–Crippen MR) is 105 cm³/mol. The molecule has 31 heavy (non-hydrogen) atoms. The first-order chi connectivity index (χ1) is 14.6. The Labute approximate surface area is 177 Å². The number of carbonyl (C=O) groups is 2. The number of allylic oxidation sites excluding steroid dienone is 1. The maximum Gasteiger partial charge on any atom is 0.416 e. The minimum absolute atomic E-state index is 0.212. The van der Waals surface area contributed by atoms with Crippen LogP contribution in [0.1, 0.15) is 43.9 Å². The van der Waals surface area contributed by atoms with Gasteiger partial charge in [-0.05, 0) is 31.9 Å². The third kappa shape index (κ3) is 4.84. The Hall–Kier alpha value is -3.01. The summed E-state index contributed by atoms with van der Waals surface area (Å²) in [7, 11) is 0. The van der Waals surface area contributed by atoms with E-state index in [0.717, 1.165) is 6.07 Å². The maximum absolute atomic E-state index is 13.5. The Balaban J connectivity index is 1.89. The molecule has 3 N–H and O–H groups in total. The number of ether oxygens (including phenoxy) is 1. The molecular weight excluding hydrogens is 415 g/mol. The van der Waals surface area contributed by atoms with Gasteiger partial charge in [0.05, 0.1) is 24.1 Å². The predicted octanol–water partition coefficient (Wildman–Crippen LogP) is 3.12. The van der Waals surface area contributed by atoms with Gasteiger partial charge in [0, 0.05) is 18.5 Å². The average molecular weight is 439 g/mol. The van der Waals surface area contributed by atoms with Crippen molar-refractivity contribution in [3.63, 3.8) is 0 Å². The van der Waals surface area contributed by atoms with Gasteiger partial charge in [-0.1, -0.05) is 24.3 Å². The minimum Gasteiger partial charge on any atom is -0.481 e. The van der Waals surface area contributed by atoms with E-state index in [4.69, 9.17) is 4.74 Å². The molecule has 10 heteroatoms. The second-order valence-electron chi connectivity index (χ2n) is 7.29. The molecule has 1 amide bonds. The van der Waals surface area contributed by atoms with E-state index < -0.39 is 36.1 Å². The molecule has 0 aliphatic carbocycles. The second-order valence-corrected chi connectivity index (χ2v) is 7.29. The zero-order valence-electron chi connectivity index (χ0n) is 17.1. The summed E-state index contributed by atoms with van der Waals surface area (Å²) in [6, 6.07) is 3.28. The van der Waals surface area contributed by atoms with Gasteiger partial charge in [-0.15, -0.1) is 0 Å². The lowest BCUT2D eigenvalue weighted by Crippen LogP contribution is -2.48.